The molecule has 7 nitrogen and oxygen atoms in total. The van der Waals surface area contributed by atoms with Gasteiger partial charge in [-0.2, -0.15) is 0 Å². The number of ether oxygens (including phenoxy) is 1. The van der Waals surface area contributed by atoms with Crippen molar-refractivity contribution in [1.82, 2.24) is 20.9 Å². The van der Waals surface area contributed by atoms with Crippen molar-refractivity contribution in [2.75, 3.05) is 46.9 Å². The van der Waals surface area contributed by atoms with Gasteiger partial charge in [-0.05, 0) is 31.1 Å². The molecule has 0 saturated carbocycles. The number of hydrogen-bond acceptors (Lipinski definition) is 4. The van der Waals surface area contributed by atoms with Crippen LogP contribution in [0.1, 0.15) is 46.5 Å². The smallest absolute Gasteiger partial charge is 0.233 e. The van der Waals surface area contributed by atoms with Gasteiger partial charge < -0.3 is 20.7 Å². The number of aliphatic imine (C=N–C) groups is 1. The number of amides is 1. The zero-order valence-electron chi connectivity index (χ0n) is 18.2. The summed E-state index contributed by atoms with van der Waals surface area (Å²) < 4.78 is 6.09. The number of likely N-dealkylation sites (tertiary alicyclic amines) is 1. The zero-order chi connectivity index (χ0) is 19.9. The van der Waals surface area contributed by atoms with Gasteiger partial charge in [-0.1, -0.05) is 20.8 Å². The zero-order valence-corrected chi connectivity index (χ0v) is 20.5. The van der Waals surface area contributed by atoms with Gasteiger partial charge >= 0.3 is 0 Å². The van der Waals surface area contributed by atoms with Gasteiger partial charge in [0, 0.05) is 52.3 Å². The third-order valence-electron chi connectivity index (χ3n) is 5.63. The van der Waals surface area contributed by atoms with Gasteiger partial charge in [-0.25, -0.2) is 0 Å². The van der Waals surface area contributed by atoms with Crippen molar-refractivity contribution in [1.29, 1.82) is 0 Å². The van der Waals surface area contributed by atoms with Gasteiger partial charge in [0.2, 0.25) is 5.91 Å². The minimum atomic E-state index is 0. The first-order chi connectivity index (χ1) is 12.8. The monoisotopic (exact) mass is 509 g/mol. The molecule has 2 saturated heterocycles. The third-order valence-corrected chi connectivity index (χ3v) is 5.63. The summed E-state index contributed by atoms with van der Waals surface area (Å²) in [6.07, 6.45) is 4.66. The summed E-state index contributed by atoms with van der Waals surface area (Å²) in [6.45, 7) is 10.9. The van der Waals surface area contributed by atoms with Crippen LogP contribution in [0.4, 0.5) is 0 Å². The third kappa shape index (κ3) is 8.02. The predicted molar refractivity (Wildman–Crippen MR) is 125 cm³/mol. The standard InChI is InChI=1S/C20H39N5O2.HI/c1-20(2,3)18-15(7-6-12-27-18)13-23-19(22-5)24-16-8-10-25(11-9-16)14-17(26)21-4;/h15-16,18H,6-14H2,1-5H3,(H,21,26)(H2,22,23,24);1H. The quantitative estimate of drug-likeness (QED) is 0.300. The highest BCUT2D eigenvalue weighted by Crippen LogP contribution is 2.33. The van der Waals surface area contributed by atoms with E-state index in [0.717, 1.165) is 51.5 Å². The number of guanidine groups is 1. The van der Waals surface area contributed by atoms with Gasteiger partial charge in [0.05, 0.1) is 12.6 Å². The van der Waals surface area contributed by atoms with Crippen LogP contribution in [-0.2, 0) is 9.53 Å². The minimum absolute atomic E-state index is 0. The summed E-state index contributed by atoms with van der Waals surface area (Å²) in [4.78, 5) is 18.1. The highest BCUT2D eigenvalue weighted by molar-refractivity contribution is 14.0. The molecule has 2 aliphatic heterocycles. The summed E-state index contributed by atoms with van der Waals surface area (Å²) in [6, 6.07) is 0.401. The Morgan fingerprint density at radius 3 is 2.46 bits per heavy atom. The van der Waals surface area contributed by atoms with E-state index in [0.29, 0.717) is 18.5 Å². The van der Waals surface area contributed by atoms with Gasteiger partial charge in [0.15, 0.2) is 5.96 Å². The Hall–Kier alpha value is -0.610. The molecule has 0 bridgehead atoms. The maximum Gasteiger partial charge on any atom is 0.233 e. The van der Waals surface area contributed by atoms with Gasteiger partial charge in [0.1, 0.15) is 0 Å². The van der Waals surface area contributed by atoms with E-state index in [1.807, 2.05) is 7.05 Å². The average molecular weight is 509 g/mol. The molecule has 3 N–H and O–H groups in total. The fraction of sp³-hybridized carbons (Fsp3) is 0.900. The molecule has 0 aromatic heterocycles. The number of piperidine rings is 1. The number of rotatable bonds is 5. The lowest BCUT2D eigenvalue weighted by molar-refractivity contribution is -0.122. The van der Waals surface area contributed by atoms with Crippen LogP contribution < -0.4 is 16.0 Å². The molecular weight excluding hydrogens is 469 g/mol. The van der Waals surface area contributed by atoms with Crippen LogP contribution in [0.25, 0.3) is 0 Å². The molecule has 8 heteroatoms. The molecule has 2 aliphatic rings. The van der Waals surface area contributed by atoms with E-state index in [4.69, 9.17) is 4.74 Å². The maximum atomic E-state index is 11.5. The first kappa shape index (κ1) is 25.4. The Labute approximate surface area is 187 Å². The van der Waals surface area contributed by atoms with Crippen LogP contribution in [0.2, 0.25) is 0 Å². The molecule has 1 amide bonds. The first-order valence-corrected chi connectivity index (χ1v) is 10.3. The van der Waals surface area contributed by atoms with Crippen LogP contribution in [0.3, 0.4) is 0 Å². The lowest BCUT2D eigenvalue weighted by atomic mass is 9.78. The van der Waals surface area contributed by atoms with Crippen molar-refractivity contribution in [2.24, 2.45) is 16.3 Å². The summed E-state index contributed by atoms with van der Waals surface area (Å²) in [5.74, 6) is 1.46. The lowest BCUT2D eigenvalue weighted by Gasteiger charge is -2.40. The Kier molecular flexibility index (Phi) is 11.1. The van der Waals surface area contributed by atoms with Crippen LogP contribution in [0.15, 0.2) is 4.99 Å². The van der Waals surface area contributed by atoms with Crippen molar-refractivity contribution >= 4 is 35.8 Å². The van der Waals surface area contributed by atoms with E-state index >= 15 is 0 Å². The Bertz CT molecular complexity index is 501. The van der Waals surface area contributed by atoms with Crippen molar-refractivity contribution < 1.29 is 9.53 Å². The second-order valence-electron chi connectivity index (χ2n) is 8.88. The average Bonchev–Trinajstić information content (AvgIpc) is 2.65. The second-order valence-corrected chi connectivity index (χ2v) is 8.88. The largest absolute Gasteiger partial charge is 0.377 e. The highest BCUT2D eigenvalue weighted by atomic mass is 127. The molecular formula is C20H40IN5O2. The number of hydrogen-bond donors (Lipinski definition) is 3. The van der Waals surface area contributed by atoms with E-state index < -0.39 is 0 Å². The van der Waals surface area contributed by atoms with Crippen molar-refractivity contribution in [2.45, 2.75) is 58.6 Å². The fourth-order valence-corrected chi connectivity index (χ4v) is 4.14. The minimum Gasteiger partial charge on any atom is -0.377 e. The molecule has 2 atom stereocenters. The fourth-order valence-electron chi connectivity index (χ4n) is 4.14. The Balaban J connectivity index is 0.00000392. The van der Waals surface area contributed by atoms with E-state index in [1.54, 1.807) is 7.05 Å². The first-order valence-electron chi connectivity index (χ1n) is 10.3. The molecule has 2 unspecified atom stereocenters. The number of halogens is 1. The van der Waals surface area contributed by atoms with Crippen LogP contribution >= 0.6 is 24.0 Å². The molecule has 0 radical (unpaired) electrons. The summed E-state index contributed by atoms with van der Waals surface area (Å²) in [5.41, 5.74) is 0.154. The number of likely N-dealkylation sites (N-methyl/N-ethyl adjacent to an activating group) is 1. The van der Waals surface area contributed by atoms with Gasteiger partial charge in [0.25, 0.3) is 0 Å². The molecule has 0 aliphatic carbocycles. The molecule has 28 heavy (non-hydrogen) atoms. The molecule has 0 spiro atoms. The Morgan fingerprint density at radius 1 is 1.21 bits per heavy atom. The van der Waals surface area contributed by atoms with E-state index in [9.17, 15) is 4.79 Å². The number of nitrogens with zero attached hydrogens (tertiary/aromatic N) is 2. The maximum absolute atomic E-state index is 11.5. The SMILES string of the molecule is CN=C(NCC1CCCOC1C(C)(C)C)NC1CCN(CC(=O)NC)CC1.I. The van der Waals surface area contributed by atoms with Crippen LogP contribution in [0.5, 0.6) is 0 Å². The molecule has 2 fully saturated rings. The van der Waals surface area contributed by atoms with Crippen molar-refractivity contribution in [3.8, 4) is 0 Å². The normalized spacial score (nSPS) is 25.0. The predicted octanol–water partition coefficient (Wildman–Crippen LogP) is 1.82. The molecule has 2 rings (SSSR count). The Morgan fingerprint density at radius 2 is 1.89 bits per heavy atom. The summed E-state index contributed by atoms with van der Waals surface area (Å²) in [5, 5.41) is 9.77. The number of nitrogens with one attached hydrogen (secondary N) is 3. The highest BCUT2D eigenvalue weighted by Gasteiger charge is 2.35. The van der Waals surface area contributed by atoms with Crippen molar-refractivity contribution in [3.63, 3.8) is 0 Å². The summed E-state index contributed by atoms with van der Waals surface area (Å²) in [7, 11) is 3.52. The number of carbonyl (C=O) groups is 1. The van der Waals surface area contributed by atoms with Crippen molar-refractivity contribution in [3.05, 3.63) is 0 Å². The lowest BCUT2D eigenvalue weighted by Crippen LogP contribution is -2.52. The van der Waals surface area contributed by atoms with Gasteiger partial charge in [-0.15, -0.1) is 24.0 Å². The molecule has 164 valence electrons. The second kappa shape index (κ2) is 12.2. The molecule has 2 heterocycles. The van der Waals surface area contributed by atoms with Crippen LogP contribution in [-0.4, -0.2) is 75.8 Å². The molecule has 0 aromatic rings. The van der Waals surface area contributed by atoms with E-state index in [-0.39, 0.29) is 41.4 Å². The topological polar surface area (TPSA) is 78.0 Å². The van der Waals surface area contributed by atoms with Crippen LogP contribution in [0, 0.1) is 11.3 Å². The van der Waals surface area contributed by atoms with E-state index in [1.165, 1.54) is 6.42 Å². The number of carbonyl (C=O) groups excluding carboxylic acids is 1. The van der Waals surface area contributed by atoms with Gasteiger partial charge in [-0.3, -0.25) is 14.7 Å². The summed E-state index contributed by atoms with van der Waals surface area (Å²) >= 11 is 0. The molecule has 0 aromatic carbocycles. The van der Waals surface area contributed by atoms with E-state index in [2.05, 4.69) is 46.6 Å².